The molecule has 0 unspecified atom stereocenters. The predicted octanol–water partition coefficient (Wildman–Crippen LogP) is 2.50. The van der Waals surface area contributed by atoms with Crippen LogP contribution in [0.25, 0.3) is 0 Å². The number of methoxy groups -OCH3 is 1. The van der Waals surface area contributed by atoms with E-state index in [1.165, 1.54) is 7.11 Å². The molecule has 2 rings (SSSR count). The Bertz CT molecular complexity index is 642. The molecule has 0 aliphatic rings. The lowest BCUT2D eigenvalue weighted by molar-refractivity contribution is 0.0948. The molecule has 0 spiro atoms. The summed E-state index contributed by atoms with van der Waals surface area (Å²) in [7, 11) is 1.53. The average molecular weight is 266 g/mol. The molecule has 0 aliphatic carbocycles. The van der Waals surface area contributed by atoms with E-state index < -0.39 is 0 Å². The summed E-state index contributed by atoms with van der Waals surface area (Å²) in [4.78, 5) is 12.1. The number of hydrogen-bond donors (Lipinski definition) is 1. The Labute approximate surface area is 117 Å². The van der Waals surface area contributed by atoms with Gasteiger partial charge in [-0.05, 0) is 29.8 Å². The van der Waals surface area contributed by atoms with Gasteiger partial charge in [0.05, 0.1) is 24.3 Å². The van der Waals surface area contributed by atoms with Gasteiger partial charge in [-0.1, -0.05) is 24.3 Å². The molecular formula is C16H14N2O2. The lowest BCUT2D eigenvalue weighted by Crippen LogP contribution is -2.23. The van der Waals surface area contributed by atoms with Crippen molar-refractivity contribution in [2.75, 3.05) is 7.11 Å². The highest BCUT2D eigenvalue weighted by Gasteiger charge is 2.10. The van der Waals surface area contributed by atoms with Gasteiger partial charge in [0.2, 0.25) is 0 Å². The second-order valence-corrected chi connectivity index (χ2v) is 4.19. The Morgan fingerprint density at radius 3 is 2.55 bits per heavy atom. The first-order valence-corrected chi connectivity index (χ1v) is 6.15. The zero-order valence-corrected chi connectivity index (χ0v) is 11.1. The molecule has 0 radical (unpaired) electrons. The van der Waals surface area contributed by atoms with Crippen LogP contribution >= 0.6 is 0 Å². The van der Waals surface area contributed by atoms with E-state index >= 15 is 0 Å². The van der Waals surface area contributed by atoms with Crippen molar-refractivity contribution in [3.05, 3.63) is 65.2 Å². The van der Waals surface area contributed by atoms with Crippen molar-refractivity contribution in [2.24, 2.45) is 0 Å². The van der Waals surface area contributed by atoms with E-state index in [1.807, 2.05) is 18.2 Å². The van der Waals surface area contributed by atoms with E-state index in [4.69, 9.17) is 10.00 Å². The van der Waals surface area contributed by atoms with Gasteiger partial charge in [0.15, 0.2) is 0 Å². The van der Waals surface area contributed by atoms with Crippen molar-refractivity contribution in [2.45, 2.75) is 6.54 Å². The molecule has 0 saturated heterocycles. The van der Waals surface area contributed by atoms with Gasteiger partial charge in [-0.15, -0.1) is 0 Å². The monoisotopic (exact) mass is 266 g/mol. The van der Waals surface area contributed by atoms with Crippen LogP contribution in [0, 0.1) is 11.3 Å². The number of hydrogen-bond acceptors (Lipinski definition) is 3. The fourth-order valence-electron chi connectivity index (χ4n) is 1.81. The third kappa shape index (κ3) is 3.15. The molecule has 1 N–H and O–H groups in total. The molecule has 1 amide bonds. The summed E-state index contributed by atoms with van der Waals surface area (Å²) >= 11 is 0. The van der Waals surface area contributed by atoms with E-state index in [0.717, 1.165) is 5.56 Å². The number of carbonyl (C=O) groups excluding carboxylic acids is 1. The third-order valence-electron chi connectivity index (χ3n) is 2.89. The maximum Gasteiger partial charge on any atom is 0.255 e. The van der Waals surface area contributed by atoms with Crippen LogP contribution in [0.15, 0.2) is 48.5 Å². The molecule has 4 heteroatoms. The normalized spacial score (nSPS) is 9.60. The molecule has 0 heterocycles. The van der Waals surface area contributed by atoms with Crippen molar-refractivity contribution in [3.63, 3.8) is 0 Å². The Hall–Kier alpha value is -2.80. The zero-order chi connectivity index (χ0) is 14.4. The second-order valence-electron chi connectivity index (χ2n) is 4.19. The molecule has 0 bridgehead atoms. The number of nitrogens with one attached hydrogen (secondary N) is 1. The van der Waals surface area contributed by atoms with Crippen molar-refractivity contribution in [3.8, 4) is 11.8 Å². The van der Waals surface area contributed by atoms with Gasteiger partial charge in [0.1, 0.15) is 5.75 Å². The number of benzene rings is 2. The summed E-state index contributed by atoms with van der Waals surface area (Å²) in [5.74, 6) is 0.358. The molecule has 4 nitrogen and oxygen atoms in total. The number of para-hydroxylation sites is 1. The molecule has 0 saturated carbocycles. The Kier molecular flexibility index (Phi) is 4.35. The number of rotatable bonds is 4. The standard InChI is InChI=1S/C16H14N2O2/c1-20-15-5-3-2-4-14(15)16(19)18-11-13-8-6-12(10-17)7-9-13/h2-9H,11H2,1H3,(H,18,19). The number of nitriles is 1. The summed E-state index contributed by atoms with van der Waals surface area (Å²) in [6.07, 6.45) is 0. The van der Waals surface area contributed by atoms with Crippen LogP contribution in [0.3, 0.4) is 0 Å². The fraction of sp³-hybridized carbons (Fsp3) is 0.125. The van der Waals surface area contributed by atoms with Crippen LogP contribution in [-0.4, -0.2) is 13.0 Å². The Balaban J connectivity index is 2.03. The van der Waals surface area contributed by atoms with Crippen molar-refractivity contribution in [1.82, 2.24) is 5.32 Å². The minimum Gasteiger partial charge on any atom is -0.496 e. The maximum atomic E-state index is 12.1. The first-order valence-electron chi connectivity index (χ1n) is 6.15. The highest BCUT2D eigenvalue weighted by Crippen LogP contribution is 2.17. The topological polar surface area (TPSA) is 62.1 Å². The molecule has 0 fully saturated rings. The predicted molar refractivity (Wildman–Crippen MR) is 75.3 cm³/mol. The molecule has 2 aromatic carbocycles. The molecule has 0 atom stereocenters. The van der Waals surface area contributed by atoms with Crippen LogP contribution in [0.4, 0.5) is 0 Å². The molecular weight excluding hydrogens is 252 g/mol. The quantitative estimate of drug-likeness (QED) is 0.924. The lowest BCUT2D eigenvalue weighted by Gasteiger charge is -2.09. The maximum absolute atomic E-state index is 12.1. The molecule has 20 heavy (non-hydrogen) atoms. The van der Waals surface area contributed by atoms with Crippen LogP contribution in [0.2, 0.25) is 0 Å². The van der Waals surface area contributed by atoms with E-state index in [9.17, 15) is 4.79 Å². The second kappa shape index (κ2) is 6.39. The molecule has 2 aromatic rings. The van der Waals surface area contributed by atoms with Crippen LogP contribution in [0.5, 0.6) is 5.75 Å². The lowest BCUT2D eigenvalue weighted by atomic mass is 10.1. The van der Waals surface area contributed by atoms with Gasteiger partial charge in [0, 0.05) is 6.54 Å². The third-order valence-corrected chi connectivity index (χ3v) is 2.89. The number of carbonyl (C=O) groups is 1. The van der Waals surface area contributed by atoms with E-state index in [-0.39, 0.29) is 5.91 Å². The fourth-order valence-corrected chi connectivity index (χ4v) is 1.81. The SMILES string of the molecule is COc1ccccc1C(=O)NCc1ccc(C#N)cc1. The smallest absolute Gasteiger partial charge is 0.255 e. The summed E-state index contributed by atoms with van der Waals surface area (Å²) in [6, 6.07) is 16.2. The van der Waals surface area contributed by atoms with Crippen molar-refractivity contribution >= 4 is 5.91 Å². The largest absolute Gasteiger partial charge is 0.496 e. The van der Waals surface area contributed by atoms with Gasteiger partial charge < -0.3 is 10.1 Å². The average Bonchev–Trinajstić information content (AvgIpc) is 2.53. The van der Waals surface area contributed by atoms with Crippen LogP contribution < -0.4 is 10.1 Å². The Morgan fingerprint density at radius 1 is 1.20 bits per heavy atom. The molecule has 0 aromatic heterocycles. The van der Waals surface area contributed by atoms with Gasteiger partial charge in [-0.25, -0.2) is 0 Å². The highest BCUT2D eigenvalue weighted by molar-refractivity contribution is 5.96. The Morgan fingerprint density at radius 2 is 1.90 bits per heavy atom. The van der Waals surface area contributed by atoms with Crippen LogP contribution in [0.1, 0.15) is 21.5 Å². The minimum atomic E-state index is -0.188. The molecule has 100 valence electrons. The number of nitrogens with zero attached hydrogens (tertiary/aromatic N) is 1. The van der Waals surface area contributed by atoms with Gasteiger partial charge in [0.25, 0.3) is 5.91 Å². The summed E-state index contributed by atoms with van der Waals surface area (Å²) < 4.78 is 5.15. The van der Waals surface area contributed by atoms with Gasteiger partial charge >= 0.3 is 0 Å². The number of amides is 1. The number of ether oxygens (including phenoxy) is 1. The first kappa shape index (κ1) is 13.6. The first-order chi connectivity index (χ1) is 9.74. The van der Waals surface area contributed by atoms with Crippen LogP contribution in [-0.2, 0) is 6.54 Å². The molecule has 0 aliphatic heterocycles. The summed E-state index contributed by atoms with van der Waals surface area (Å²) in [5, 5.41) is 11.5. The zero-order valence-electron chi connectivity index (χ0n) is 11.1. The van der Waals surface area contributed by atoms with Crippen molar-refractivity contribution in [1.29, 1.82) is 5.26 Å². The van der Waals surface area contributed by atoms with E-state index in [2.05, 4.69) is 11.4 Å². The summed E-state index contributed by atoms with van der Waals surface area (Å²) in [6.45, 7) is 0.405. The minimum absolute atomic E-state index is 0.188. The summed E-state index contributed by atoms with van der Waals surface area (Å²) in [5.41, 5.74) is 2.04. The van der Waals surface area contributed by atoms with Gasteiger partial charge in [-0.3, -0.25) is 4.79 Å². The van der Waals surface area contributed by atoms with E-state index in [0.29, 0.717) is 23.4 Å². The highest BCUT2D eigenvalue weighted by atomic mass is 16.5. The van der Waals surface area contributed by atoms with Gasteiger partial charge in [-0.2, -0.15) is 5.26 Å². The van der Waals surface area contributed by atoms with E-state index in [1.54, 1.807) is 30.3 Å². The van der Waals surface area contributed by atoms with Crippen molar-refractivity contribution < 1.29 is 9.53 Å².